The summed E-state index contributed by atoms with van der Waals surface area (Å²) < 4.78 is 0. The van der Waals surface area contributed by atoms with Gasteiger partial charge in [-0.05, 0) is 31.6 Å². The molecule has 18 heavy (non-hydrogen) atoms. The van der Waals surface area contributed by atoms with Gasteiger partial charge in [0.15, 0.2) is 0 Å². The van der Waals surface area contributed by atoms with Gasteiger partial charge in [0.25, 0.3) is 0 Å². The van der Waals surface area contributed by atoms with Crippen LogP contribution in [0.1, 0.15) is 25.7 Å². The maximum Gasteiger partial charge on any atom is 0.306 e. The Morgan fingerprint density at radius 3 is 2.22 bits per heavy atom. The molecule has 0 aromatic heterocycles. The fourth-order valence-corrected chi connectivity index (χ4v) is 3.34. The Bertz CT molecular complexity index is 347. The predicted octanol–water partition coefficient (Wildman–Crippen LogP) is 0.979. The first kappa shape index (κ1) is 13.4. The van der Waals surface area contributed by atoms with Crippen molar-refractivity contribution >= 4 is 29.5 Å². The lowest BCUT2D eigenvalue weighted by molar-refractivity contribution is -0.146. The first-order valence-electron chi connectivity index (χ1n) is 6.21. The number of carboxylic acids is 1. The molecule has 0 aromatic carbocycles. The molecular formula is C12H17NO4S. The maximum atomic E-state index is 11.6. The smallest absolute Gasteiger partial charge is 0.306 e. The zero-order chi connectivity index (χ0) is 13.1. The molecule has 2 rings (SSSR count). The first-order chi connectivity index (χ1) is 8.58. The Morgan fingerprint density at radius 2 is 1.72 bits per heavy atom. The van der Waals surface area contributed by atoms with Gasteiger partial charge in [-0.1, -0.05) is 0 Å². The van der Waals surface area contributed by atoms with Crippen LogP contribution in [-0.2, 0) is 14.4 Å². The van der Waals surface area contributed by atoms with Gasteiger partial charge in [0.2, 0.25) is 11.8 Å². The highest BCUT2D eigenvalue weighted by molar-refractivity contribution is 8.00. The number of nitrogens with zero attached hydrogens (tertiary/aromatic N) is 1. The number of amides is 2. The summed E-state index contributed by atoms with van der Waals surface area (Å²) in [6, 6.07) is 0. The van der Waals surface area contributed by atoms with Crippen molar-refractivity contribution < 1.29 is 19.5 Å². The summed E-state index contributed by atoms with van der Waals surface area (Å²) in [6.45, 7) is 0.477. The molecule has 0 atom stereocenters. The standard InChI is InChI=1S/C12H17NO4S/c14-10-6-18-7-11(15)13(10)5-8-1-3-9(4-2-8)12(16)17/h8-9H,1-7H2,(H,16,17). The van der Waals surface area contributed by atoms with E-state index >= 15 is 0 Å². The molecule has 1 heterocycles. The van der Waals surface area contributed by atoms with E-state index in [0.29, 0.717) is 30.9 Å². The molecule has 1 saturated heterocycles. The van der Waals surface area contributed by atoms with E-state index in [9.17, 15) is 14.4 Å². The van der Waals surface area contributed by atoms with Crippen molar-refractivity contribution in [2.75, 3.05) is 18.1 Å². The van der Waals surface area contributed by atoms with Crippen molar-refractivity contribution in [3.63, 3.8) is 0 Å². The number of hydrogen-bond acceptors (Lipinski definition) is 4. The van der Waals surface area contributed by atoms with Crippen molar-refractivity contribution in [1.29, 1.82) is 0 Å². The number of carbonyl (C=O) groups excluding carboxylic acids is 2. The second-order valence-electron chi connectivity index (χ2n) is 4.95. The highest BCUT2D eigenvalue weighted by Gasteiger charge is 2.31. The van der Waals surface area contributed by atoms with Crippen molar-refractivity contribution in [2.45, 2.75) is 25.7 Å². The van der Waals surface area contributed by atoms with Crippen molar-refractivity contribution in [3.8, 4) is 0 Å². The molecule has 0 unspecified atom stereocenters. The van der Waals surface area contributed by atoms with Crippen LogP contribution in [0.25, 0.3) is 0 Å². The van der Waals surface area contributed by atoms with Gasteiger partial charge in [-0.2, -0.15) is 0 Å². The summed E-state index contributed by atoms with van der Waals surface area (Å²) in [5.41, 5.74) is 0. The molecule has 1 saturated carbocycles. The van der Waals surface area contributed by atoms with Gasteiger partial charge in [-0.15, -0.1) is 11.8 Å². The highest BCUT2D eigenvalue weighted by atomic mass is 32.2. The topological polar surface area (TPSA) is 74.7 Å². The highest BCUT2D eigenvalue weighted by Crippen LogP contribution is 2.30. The largest absolute Gasteiger partial charge is 0.481 e. The molecule has 0 radical (unpaired) electrons. The van der Waals surface area contributed by atoms with Crippen molar-refractivity contribution in [1.82, 2.24) is 4.90 Å². The Morgan fingerprint density at radius 1 is 1.17 bits per heavy atom. The Balaban J connectivity index is 1.85. The number of imide groups is 1. The minimum absolute atomic E-state index is 0.100. The summed E-state index contributed by atoms with van der Waals surface area (Å²) in [5, 5.41) is 8.91. The van der Waals surface area contributed by atoms with Crippen LogP contribution in [0.5, 0.6) is 0 Å². The number of carboxylic acid groups (broad SMARTS) is 1. The normalized spacial score (nSPS) is 29.4. The Labute approximate surface area is 110 Å². The van der Waals surface area contributed by atoms with E-state index in [0.717, 1.165) is 12.8 Å². The number of thioether (sulfide) groups is 1. The molecule has 6 heteroatoms. The molecule has 1 N–H and O–H groups in total. The van der Waals surface area contributed by atoms with Crippen molar-refractivity contribution in [2.24, 2.45) is 11.8 Å². The molecule has 2 aliphatic rings. The summed E-state index contributed by atoms with van der Waals surface area (Å²) in [6.07, 6.45) is 2.90. The van der Waals surface area contributed by atoms with Crippen LogP contribution in [0.3, 0.4) is 0 Å². The molecular weight excluding hydrogens is 254 g/mol. The zero-order valence-electron chi connectivity index (χ0n) is 10.1. The monoisotopic (exact) mass is 271 g/mol. The maximum absolute atomic E-state index is 11.6. The van der Waals surface area contributed by atoms with Crippen molar-refractivity contribution in [3.05, 3.63) is 0 Å². The third-order valence-corrected chi connectivity index (χ3v) is 4.59. The molecule has 0 bridgehead atoms. The quantitative estimate of drug-likeness (QED) is 0.774. The third kappa shape index (κ3) is 3.04. The van der Waals surface area contributed by atoms with Crippen LogP contribution in [0.2, 0.25) is 0 Å². The summed E-state index contributed by atoms with van der Waals surface area (Å²) in [4.78, 5) is 35.5. The summed E-state index contributed by atoms with van der Waals surface area (Å²) in [5.74, 6) is -0.128. The lowest BCUT2D eigenvalue weighted by atomic mass is 9.82. The molecule has 1 aliphatic heterocycles. The molecule has 100 valence electrons. The third-order valence-electron chi connectivity index (χ3n) is 3.69. The van der Waals surface area contributed by atoms with Crippen LogP contribution in [-0.4, -0.2) is 45.8 Å². The average molecular weight is 271 g/mol. The number of carbonyl (C=O) groups is 3. The predicted molar refractivity (Wildman–Crippen MR) is 67.1 cm³/mol. The van der Waals surface area contributed by atoms with Crippen LogP contribution in [0.4, 0.5) is 0 Å². The van der Waals surface area contributed by atoms with Crippen LogP contribution < -0.4 is 0 Å². The Hall–Kier alpha value is -1.04. The minimum Gasteiger partial charge on any atom is -0.481 e. The average Bonchev–Trinajstić information content (AvgIpc) is 2.34. The van der Waals surface area contributed by atoms with E-state index < -0.39 is 5.97 Å². The Kier molecular flexibility index (Phi) is 4.27. The van der Waals surface area contributed by atoms with Gasteiger partial charge in [0.05, 0.1) is 17.4 Å². The summed E-state index contributed by atoms with van der Waals surface area (Å²) >= 11 is 1.36. The van der Waals surface area contributed by atoms with Gasteiger partial charge < -0.3 is 5.11 Å². The van der Waals surface area contributed by atoms with E-state index in [4.69, 9.17) is 5.11 Å². The SMILES string of the molecule is O=C(O)C1CCC(CN2C(=O)CSCC2=O)CC1. The molecule has 0 aromatic rings. The summed E-state index contributed by atoms with van der Waals surface area (Å²) in [7, 11) is 0. The lowest BCUT2D eigenvalue weighted by Crippen LogP contribution is -2.46. The minimum atomic E-state index is -0.727. The fraction of sp³-hybridized carbons (Fsp3) is 0.750. The fourth-order valence-electron chi connectivity index (χ4n) is 2.57. The van der Waals surface area contributed by atoms with Gasteiger partial charge in [-0.25, -0.2) is 0 Å². The molecule has 1 aliphatic carbocycles. The van der Waals surface area contributed by atoms with Crippen LogP contribution in [0, 0.1) is 11.8 Å². The second kappa shape index (κ2) is 5.73. The van der Waals surface area contributed by atoms with Gasteiger partial charge in [-0.3, -0.25) is 19.3 Å². The van der Waals surface area contributed by atoms with Gasteiger partial charge in [0.1, 0.15) is 0 Å². The second-order valence-corrected chi connectivity index (χ2v) is 5.93. The van der Waals surface area contributed by atoms with E-state index in [1.54, 1.807) is 0 Å². The molecule has 2 fully saturated rings. The van der Waals surface area contributed by atoms with E-state index in [-0.39, 0.29) is 23.7 Å². The molecule has 0 spiro atoms. The lowest BCUT2D eigenvalue weighted by Gasteiger charge is -2.32. The molecule has 5 nitrogen and oxygen atoms in total. The number of hydrogen-bond donors (Lipinski definition) is 1. The van der Waals surface area contributed by atoms with Crippen LogP contribution in [0.15, 0.2) is 0 Å². The van der Waals surface area contributed by atoms with Crippen LogP contribution >= 0.6 is 11.8 Å². The number of rotatable bonds is 3. The van der Waals surface area contributed by atoms with E-state index in [1.807, 2.05) is 0 Å². The number of aliphatic carboxylic acids is 1. The van der Waals surface area contributed by atoms with E-state index in [1.165, 1.54) is 16.7 Å². The van der Waals surface area contributed by atoms with Gasteiger partial charge in [0, 0.05) is 6.54 Å². The molecule has 2 amide bonds. The zero-order valence-corrected chi connectivity index (χ0v) is 10.9. The van der Waals surface area contributed by atoms with Gasteiger partial charge >= 0.3 is 5.97 Å². The first-order valence-corrected chi connectivity index (χ1v) is 7.37. The van der Waals surface area contributed by atoms with E-state index in [2.05, 4.69) is 0 Å².